The third-order valence-corrected chi connectivity index (χ3v) is 5.22. The molecule has 0 unspecified atom stereocenters. The number of anilines is 2. The quantitative estimate of drug-likeness (QED) is 0.698. The minimum atomic E-state index is -0.357. The molecule has 1 aliphatic rings. The monoisotopic (exact) mass is 371 g/mol. The number of aromatic nitrogens is 1. The highest BCUT2D eigenvalue weighted by Crippen LogP contribution is 2.26. The number of pyridine rings is 1. The summed E-state index contributed by atoms with van der Waals surface area (Å²) in [5.74, 6) is 0.578. The van der Waals surface area contributed by atoms with Crippen LogP contribution in [0.25, 0.3) is 0 Å². The molecule has 2 heterocycles. The number of amides is 1. The maximum absolute atomic E-state index is 13.2. The van der Waals surface area contributed by atoms with Crippen LogP contribution in [0.15, 0.2) is 79.0 Å². The molecule has 4 heteroatoms. The van der Waals surface area contributed by atoms with Crippen LogP contribution in [0.2, 0.25) is 0 Å². The van der Waals surface area contributed by atoms with Crippen LogP contribution >= 0.6 is 0 Å². The van der Waals surface area contributed by atoms with Gasteiger partial charge in [-0.1, -0.05) is 60.7 Å². The Morgan fingerprint density at radius 3 is 1.96 bits per heavy atom. The number of rotatable bonds is 5. The third-order valence-electron chi connectivity index (χ3n) is 5.22. The second kappa shape index (κ2) is 8.70. The van der Waals surface area contributed by atoms with Gasteiger partial charge in [-0.15, -0.1) is 0 Å². The lowest BCUT2D eigenvalue weighted by Crippen LogP contribution is -2.30. The van der Waals surface area contributed by atoms with Crippen LogP contribution in [0.4, 0.5) is 11.5 Å². The lowest BCUT2D eigenvalue weighted by Gasteiger charge is -2.27. The molecule has 0 aliphatic carbocycles. The number of piperidine rings is 1. The van der Waals surface area contributed by atoms with Crippen molar-refractivity contribution in [3.05, 3.63) is 90.1 Å². The summed E-state index contributed by atoms with van der Waals surface area (Å²) in [6, 6.07) is 23.7. The van der Waals surface area contributed by atoms with Gasteiger partial charge in [-0.05, 0) is 42.5 Å². The van der Waals surface area contributed by atoms with E-state index in [1.165, 1.54) is 19.3 Å². The summed E-state index contributed by atoms with van der Waals surface area (Å²) in [5.41, 5.74) is 2.68. The minimum Gasteiger partial charge on any atom is -0.357 e. The Morgan fingerprint density at radius 2 is 1.43 bits per heavy atom. The number of nitrogens with one attached hydrogen (secondary N) is 1. The summed E-state index contributed by atoms with van der Waals surface area (Å²) in [6.07, 6.45) is 5.49. The molecule has 0 radical (unpaired) electrons. The van der Waals surface area contributed by atoms with Crippen LogP contribution < -0.4 is 10.2 Å². The molecule has 2 aromatic carbocycles. The summed E-state index contributed by atoms with van der Waals surface area (Å²) < 4.78 is 0. The number of hydrogen-bond donors (Lipinski definition) is 1. The van der Waals surface area contributed by atoms with E-state index >= 15 is 0 Å². The van der Waals surface area contributed by atoms with E-state index in [4.69, 9.17) is 0 Å². The fourth-order valence-corrected chi connectivity index (χ4v) is 3.77. The van der Waals surface area contributed by atoms with Crippen molar-refractivity contribution in [3.8, 4) is 0 Å². The second-order valence-corrected chi connectivity index (χ2v) is 7.20. The van der Waals surface area contributed by atoms with Crippen molar-refractivity contribution in [2.75, 3.05) is 23.3 Å². The molecule has 1 aromatic heterocycles. The predicted octanol–water partition coefficient (Wildman–Crippen LogP) is 4.84. The molecule has 1 N–H and O–H groups in total. The van der Waals surface area contributed by atoms with Gasteiger partial charge >= 0.3 is 0 Å². The lowest BCUT2D eigenvalue weighted by atomic mass is 9.90. The van der Waals surface area contributed by atoms with E-state index in [2.05, 4.69) is 15.2 Å². The Bertz CT molecular complexity index is 849. The fraction of sp³-hybridized carbons (Fsp3) is 0.250. The SMILES string of the molecule is O=C(Nc1ccc(N2CCCCC2)nc1)C(c1ccccc1)c1ccccc1. The van der Waals surface area contributed by atoms with Gasteiger partial charge in [0.15, 0.2) is 0 Å². The zero-order valence-electron chi connectivity index (χ0n) is 15.9. The topological polar surface area (TPSA) is 45.2 Å². The van der Waals surface area contributed by atoms with Crippen LogP contribution in [-0.2, 0) is 4.79 Å². The van der Waals surface area contributed by atoms with Gasteiger partial charge in [-0.3, -0.25) is 4.79 Å². The van der Waals surface area contributed by atoms with Gasteiger partial charge in [0.2, 0.25) is 5.91 Å². The normalized spacial score (nSPS) is 14.1. The van der Waals surface area contributed by atoms with Crippen molar-refractivity contribution < 1.29 is 4.79 Å². The number of hydrogen-bond acceptors (Lipinski definition) is 3. The van der Waals surface area contributed by atoms with E-state index in [9.17, 15) is 4.79 Å². The van der Waals surface area contributed by atoms with Crippen LogP contribution in [0.3, 0.4) is 0 Å². The number of nitrogens with zero attached hydrogens (tertiary/aromatic N) is 2. The standard InChI is InChI=1S/C24H25N3O/c28-24(23(19-10-4-1-5-11-19)20-12-6-2-7-13-20)26-21-14-15-22(25-18-21)27-16-8-3-9-17-27/h1-2,4-7,10-15,18,23H,3,8-9,16-17H2,(H,26,28). The van der Waals surface area contributed by atoms with E-state index in [1.807, 2.05) is 72.8 Å². The second-order valence-electron chi connectivity index (χ2n) is 7.20. The van der Waals surface area contributed by atoms with Gasteiger partial charge in [0.05, 0.1) is 17.8 Å². The van der Waals surface area contributed by atoms with Gasteiger partial charge in [-0.25, -0.2) is 4.98 Å². The molecule has 1 amide bonds. The smallest absolute Gasteiger partial charge is 0.236 e. The summed E-state index contributed by atoms with van der Waals surface area (Å²) >= 11 is 0. The number of benzene rings is 2. The predicted molar refractivity (Wildman–Crippen MR) is 114 cm³/mol. The molecule has 28 heavy (non-hydrogen) atoms. The first-order valence-corrected chi connectivity index (χ1v) is 9.93. The molecule has 4 rings (SSSR count). The van der Waals surface area contributed by atoms with Gasteiger partial charge in [0.25, 0.3) is 0 Å². The van der Waals surface area contributed by atoms with Crippen molar-refractivity contribution >= 4 is 17.4 Å². The maximum atomic E-state index is 13.2. The highest BCUT2D eigenvalue weighted by atomic mass is 16.1. The van der Waals surface area contributed by atoms with E-state index in [1.54, 1.807) is 6.20 Å². The molecule has 1 saturated heterocycles. The average Bonchev–Trinajstić information content (AvgIpc) is 2.77. The van der Waals surface area contributed by atoms with Gasteiger partial charge in [-0.2, -0.15) is 0 Å². The van der Waals surface area contributed by atoms with Crippen LogP contribution in [-0.4, -0.2) is 24.0 Å². The Hall–Kier alpha value is -3.14. The molecule has 0 spiro atoms. The van der Waals surface area contributed by atoms with Crippen LogP contribution in [0, 0.1) is 0 Å². The van der Waals surface area contributed by atoms with E-state index < -0.39 is 0 Å². The molecule has 4 nitrogen and oxygen atoms in total. The summed E-state index contributed by atoms with van der Waals surface area (Å²) in [5, 5.41) is 3.05. The third kappa shape index (κ3) is 4.22. The molecule has 0 bridgehead atoms. The average molecular weight is 371 g/mol. The van der Waals surface area contributed by atoms with Crippen molar-refractivity contribution in [1.29, 1.82) is 0 Å². The summed E-state index contributed by atoms with van der Waals surface area (Å²) in [4.78, 5) is 20.0. The molecule has 0 atom stereocenters. The van der Waals surface area contributed by atoms with E-state index in [0.717, 1.165) is 35.7 Å². The minimum absolute atomic E-state index is 0.0510. The summed E-state index contributed by atoms with van der Waals surface area (Å²) in [7, 11) is 0. The fourth-order valence-electron chi connectivity index (χ4n) is 3.77. The van der Waals surface area contributed by atoms with Crippen molar-refractivity contribution in [2.24, 2.45) is 0 Å². The van der Waals surface area contributed by atoms with E-state index in [0.29, 0.717) is 0 Å². The number of carbonyl (C=O) groups excluding carboxylic acids is 1. The van der Waals surface area contributed by atoms with Gasteiger partial charge in [0, 0.05) is 13.1 Å². The Morgan fingerprint density at radius 1 is 0.821 bits per heavy atom. The largest absolute Gasteiger partial charge is 0.357 e. The lowest BCUT2D eigenvalue weighted by molar-refractivity contribution is -0.116. The zero-order chi connectivity index (χ0) is 19.2. The van der Waals surface area contributed by atoms with Gasteiger partial charge < -0.3 is 10.2 Å². The molecular weight excluding hydrogens is 346 g/mol. The van der Waals surface area contributed by atoms with Gasteiger partial charge in [0.1, 0.15) is 5.82 Å². The molecule has 3 aromatic rings. The van der Waals surface area contributed by atoms with Crippen molar-refractivity contribution in [3.63, 3.8) is 0 Å². The number of carbonyl (C=O) groups is 1. The van der Waals surface area contributed by atoms with Crippen LogP contribution in [0.1, 0.15) is 36.3 Å². The maximum Gasteiger partial charge on any atom is 0.236 e. The molecule has 142 valence electrons. The zero-order valence-corrected chi connectivity index (χ0v) is 15.9. The van der Waals surface area contributed by atoms with E-state index in [-0.39, 0.29) is 11.8 Å². The molecular formula is C24H25N3O. The Labute approximate surface area is 166 Å². The first-order valence-electron chi connectivity index (χ1n) is 9.93. The first-order chi connectivity index (χ1) is 13.8. The Kier molecular flexibility index (Phi) is 5.66. The van der Waals surface area contributed by atoms with Crippen molar-refractivity contribution in [2.45, 2.75) is 25.2 Å². The summed E-state index contributed by atoms with van der Waals surface area (Å²) in [6.45, 7) is 2.12. The highest BCUT2D eigenvalue weighted by molar-refractivity contribution is 5.98. The molecule has 1 aliphatic heterocycles. The first kappa shape index (κ1) is 18.2. The van der Waals surface area contributed by atoms with Crippen LogP contribution in [0.5, 0.6) is 0 Å². The molecule has 0 saturated carbocycles. The van der Waals surface area contributed by atoms with Crippen molar-refractivity contribution in [1.82, 2.24) is 4.98 Å². The molecule has 1 fully saturated rings. The highest BCUT2D eigenvalue weighted by Gasteiger charge is 2.22. The Balaban J connectivity index is 1.53.